The van der Waals surface area contributed by atoms with Gasteiger partial charge in [-0.1, -0.05) is 54.4 Å². The molecule has 1 atom stereocenters. The van der Waals surface area contributed by atoms with Gasteiger partial charge in [0.25, 0.3) is 5.91 Å². The molecule has 1 amide bonds. The number of nitrogens with zero attached hydrogens (tertiary/aromatic N) is 1. The van der Waals surface area contributed by atoms with Crippen molar-refractivity contribution in [1.82, 2.24) is 4.90 Å². The van der Waals surface area contributed by atoms with E-state index < -0.39 is 0 Å². The number of likely N-dealkylation sites (tertiary alicyclic amines) is 1. The zero-order chi connectivity index (χ0) is 15.4. The molecule has 0 N–H and O–H groups in total. The zero-order valence-electron chi connectivity index (χ0n) is 13.2. The fraction of sp³-hybridized carbons (Fsp3) is 0.350. The molecule has 0 spiro atoms. The Labute approximate surface area is 132 Å². The second kappa shape index (κ2) is 6.78. The summed E-state index contributed by atoms with van der Waals surface area (Å²) in [5.41, 5.74) is 3.35. The molecule has 2 aromatic carbocycles. The lowest BCUT2D eigenvalue weighted by Gasteiger charge is -2.25. The fourth-order valence-corrected chi connectivity index (χ4v) is 3.20. The van der Waals surface area contributed by atoms with Crippen LogP contribution in [-0.2, 0) is 0 Å². The standard InChI is InChI=1S/C20H23NO/c1-16-10-12-18(13-11-16)20(22)21-14-6-5-9-19(15-21)17-7-3-2-4-8-17/h2-4,7-8,10-13,19H,5-6,9,14-15H2,1H3. The van der Waals surface area contributed by atoms with Crippen LogP contribution in [-0.4, -0.2) is 23.9 Å². The molecule has 0 radical (unpaired) electrons. The molecule has 0 bridgehead atoms. The van der Waals surface area contributed by atoms with Gasteiger partial charge in [-0.2, -0.15) is 0 Å². The van der Waals surface area contributed by atoms with Crippen molar-refractivity contribution in [2.45, 2.75) is 32.1 Å². The molecule has 114 valence electrons. The predicted molar refractivity (Wildman–Crippen MR) is 90.1 cm³/mol. The number of hydrogen-bond donors (Lipinski definition) is 0. The highest BCUT2D eigenvalue weighted by molar-refractivity contribution is 5.94. The first-order chi connectivity index (χ1) is 10.7. The van der Waals surface area contributed by atoms with Gasteiger partial charge in [-0.25, -0.2) is 0 Å². The molecular formula is C20H23NO. The Bertz CT molecular complexity index is 618. The highest BCUT2D eigenvalue weighted by Gasteiger charge is 2.23. The van der Waals surface area contributed by atoms with Gasteiger partial charge in [-0.05, 0) is 37.5 Å². The summed E-state index contributed by atoms with van der Waals surface area (Å²) in [5.74, 6) is 0.626. The number of rotatable bonds is 2. The largest absolute Gasteiger partial charge is 0.338 e. The lowest BCUT2D eigenvalue weighted by atomic mass is 9.94. The summed E-state index contributed by atoms with van der Waals surface area (Å²) < 4.78 is 0. The summed E-state index contributed by atoms with van der Waals surface area (Å²) in [6.45, 7) is 3.75. The lowest BCUT2D eigenvalue weighted by molar-refractivity contribution is 0.0754. The molecule has 2 heteroatoms. The molecular weight excluding hydrogens is 270 g/mol. The molecule has 1 saturated heterocycles. The van der Waals surface area contributed by atoms with Crippen LogP contribution >= 0.6 is 0 Å². The van der Waals surface area contributed by atoms with Crippen molar-refractivity contribution in [2.24, 2.45) is 0 Å². The maximum absolute atomic E-state index is 12.8. The first-order valence-corrected chi connectivity index (χ1v) is 8.15. The Morgan fingerprint density at radius 3 is 2.45 bits per heavy atom. The van der Waals surface area contributed by atoms with E-state index in [2.05, 4.69) is 30.3 Å². The van der Waals surface area contributed by atoms with Crippen LogP contribution in [0.5, 0.6) is 0 Å². The normalized spacial score (nSPS) is 18.8. The first-order valence-electron chi connectivity index (χ1n) is 8.15. The quantitative estimate of drug-likeness (QED) is 0.803. The smallest absolute Gasteiger partial charge is 0.253 e. The number of hydrogen-bond acceptors (Lipinski definition) is 1. The molecule has 3 rings (SSSR count). The molecule has 1 fully saturated rings. The average Bonchev–Trinajstić information content (AvgIpc) is 2.82. The van der Waals surface area contributed by atoms with Crippen molar-refractivity contribution in [3.8, 4) is 0 Å². The van der Waals surface area contributed by atoms with E-state index in [4.69, 9.17) is 0 Å². The van der Waals surface area contributed by atoms with Gasteiger partial charge in [0.1, 0.15) is 0 Å². The van der Waals surface area contributed by atoms with E-state index in [9.17, 15) is 4.79 Å². The molecule has 1 aliphatic rings. The molecule has 1 aliphatic heterocycles. The minimum absolute atomic E-state index is 0.169. The molecule has 2 aromatic rings. The van der Waals surface area contributed by atoms with Crippen LogP contribution < -0.4 is 0 Å². The maximum atomic E-state index is 12.8. The second-order valence-electron chi connectivity index (χ2n) is 6.22. The van der Waals surface area contributed by atoms with Crippen molar-refractivity contribution < 1.29 is 4.79 Å². The van der Waals surface area contributed by atoms with Crippen LogP contribution in [0.3, 0.4) is 0 Å². The van der Waals surface area contributed by atoms with Crippen LogP contribution in [0.25, 0.3) is 0 Å². The fourth-order valence-electron chi connectivity index (χ4n) is 3.20. The Balaban J connectivity index is 1.78. The summed E-state index contributed by atoms with van der Waals surface area (Å²) in [7, 11) is 0. The van der Waals surface area contributed by atoms with Gasteiger partial charge >= 0.3 is 0 Å². The van der Waals surface area contributed by atoms with E-state index in [1.54, 1.807) is 0 Å². The summed E-state index contributed by atoms with van der Waals surface area (Å²) in [4.78, 5) is 14.8. The van der Waals surface area contributed by atoms with Gasteiger partial charge in [0.2, 0.25) is 0 Å². The highest BCUT2D eigenvalue weighted by Crippen LogP contribution is 2.27. The van der Waals surface area contributed by atoms with Crippen LogP contribution in [0.1, 0.15) is 46.7 Å². The third kappa shape index (κ3) is 3.38. The Hall–Kier alpha value is -2.09. The van der Waals surface area contributed by atoms with Crippen LogP contribution in [0.2, 0.25) is 0 Å². The number of carbonyl (C=O) groups is 1. The summed E-state index contributed by atoms with van der Waals surface area (Å²) in [6.07, 6.45) is 3.46. The molecule has 1 heterocycles. The lowest BCUT2D eigenvalue weighted by Crippen LogP contribution is -2.34. The van der Waals surface area contributed by atoms with E-state index in [1.165, 1.54) is 24.0 Å². The van der Waals surface area contributed by atoms with Crippen LogP contribution in [0.4, 0.5) is 0 Å². The Kier molecular flexibility index (Phi) is 4.57. The predicted octanol–water partition coefficient (Wildman–Crippen LogP) is 4.40. The van der Waals surface area contributed by atoms with Gasteiger partial charge in [0.15, 0.2) is 0 Å². The number of aryl methyl sites for hydroxylation is 1. The SMILES string of the molecule is Cc1ccc(C(=O)N2CCCCC(c3ccccc3)C2)cc1. The van der Waals surface area contributed by atoms with E-state index in [-0.39, 0.29) is 5.91 Å². The molecule has 22 heavy (non-hydrogen) atoms. The van der Waals surface area contributed by atoms with Gasteiger partial charge in [0.05, 0.1) is 0 Å². The minimum atomic E-state index is 0.169. The molecule has 0 aromatic heterocycles. The van der Waals surface area contributed by atoms with E-state index in [1.807, 2.05) is 36.1 Å². The minimum Gasteiger partial charge on any atom is -0.338 e. The third-order valence-electron chi connectivity index (χ3n) is 4.53. The van der Waals surface area contributed by atoms with Crippen molar-refractivity contribution in [1.29, 1.82) is 0 Å². The molecule has 0 saturated carbocycles. The van der Waals surface area contributed by atoms with Crippen molar-refractivity contribution in [2.75, 3.05) is 13.1 Å². The monoisotopic (exact) mass is 293 g/mol. The van der Waals surface area contributed by atoms with Gasteiger partial charge in [0, 0.05) is 24.6 Å². The van der Waals surface area contributed by atoms with Gasteiger partial charge in [-0.15, -0.1) is 0 Å². The van der Waals surface area contributed by atoms with E-state index in [0.29, 0.717) is 5.92 Å². The third-order valence-corrected chi connectivity index (χ3v) is 4.53. The molecule has 2 nitrogen and oxygen atoms in total. The van der Waals surface area contributed by atoms with Crippen molar-refractivity contribution in [3.63, 3.8) is 0 Å². The van der Waals surface area contributed by atoms with Crippen molar-refractivity contribution in [3.05, 3.63) is 71.3 Å². The van der Waals surface area contributed by atoms with Crippen molar-refractivity contribution >= 4 is 5.91 Å². The molecule has 0 aliphatic carbocycles. The zero-order valence-corrected chi connectivity index (χ0v) is 13.2. The average molecular weight is 293 g/mol. The maximum Gasteiger partial charge on any atom is 0.253 e. The number of benzene rings is 2. The van der Waals surface area contributed by atoms with E-state index >= 15 is 0 Å². The van der Waals surface area contributed by atoms with Crippen LogP contribution in [0.15, 0.2) is 54.6 Å². The first kappa shape index (κ1) is 14.8. The van der Waals surface area contributed by atoms with Gasteiger partial charge in [-0.3, -0.25) is 4.79 Å². The summed E-state index contributed by atoms with van der Waals surface area (Å²) >= 11 is 0. The topological polar surface area (TPSA) is 20.3 Å². The summed E-state index contributed by atoms with van der Waals surface area (Å²) in [6, 6.07) is 18.5. The van der Waals surface area contributed by atoms with Gasteiger partial charge < -0.3 is 4.90 Å². The number of carbonyl (C=O) groups excluding carboxylic acids is 1. The second-order valence-corrected chi connectivity index (χ2v) is 6.22. The van der Waals surface area contributed by atoms with E-state index in [0.717, 1.165) is 25.1 Å². The van der Waals surface area contributed by atoms with Crippen LogP contribution in [0, 0.1) is 6.92 Å². The number of amides is 1. The summed E-state index contributed by atoms with van der Waals surface area (Å²) in [5, 5.41) is 0. The Morgan fingerprint density at radius 2 is 1.73 bits per heavy atom. The highest BCUT2D eigenvalue weighted by atomic mass is 16.2. The molecule has 1 unspecified atom stereocenters. The Morgan fingerprint density at radius 1 is 1.00 bits per heavy atom.